The maximum Gasteiger partial charge on any atom is 0.191 e. The third-order valence-corrected chi connectivity index (χ3v) is 3.78. The largest absolute Gasteiger partial charge is 0.356 e. The van der Waals surface area contributed by atoms with E-state index in [1.807, 2.05) is 48.5 Å². The number of hydrogen-bond acceptors (Lipinski definition) is 2. The molecule has 0 atom stereocenters. The van der Waals surface area contributed by atoms with Crippen molar-refractivity contribution in [3.63, 3.8) is 0 Å². The minimum absolute atomic E-state index is 0.650. The molecule has 118 valence electrons. The highest BCUT2D eigenvalue weighted by molar-refractivity contribution is 6.31. The summed E-state index contributed by atoms with van der Waals surface area (Å²) in [5.74, 6) is 0.737. The van der Waals surface area contributed by atoms with Crippen molar-refractivity contribution in [2.45, 2.75) is 13.0 Å². The monoisotopic (exact) mass is 326 g/mol. The molecule has 0 aliphatic rings. The van der Waals surface area contributed by atoms with Crippen molar-refractivity contribution in [3.8, 4) is 6.07 Å². The second kappa shape index (κ2) is 8.82. The van der Waals surface area contributed by atoms with Gasteiger partial charge in [-0.2, -0.15) is 5.26 Å². The Hall–Kier alpha value is -2.51. The van der Waals surface area contributed by atoms with E-state index in [1.54, 1.807) is 7.05 Å². The van der Waals surface area contributed by atoms with Crippen molar-refractivity contribution in [2.24, 2.45) is 4.99 Å². The Kier molecular flexibility index (Phi) is 6.46. The van der Waals surface area contributed by atoms with Crippen LogP contribution < -0.4 is 10.6 Å². The van der Waals surface area contributed by atoms with Gasteiger partial charge in [0.05, 0.1) is 11.6 Å². The molecule has 5 heteroatoms. The molecule has 0 saturated carbocycles. The van der Waals surface area contributed by atoms with Gasteiger partial charge < -0.3 is 10.6 Å². The summed E-state index contributed by atoms with van der Waals surface area (Å²) in [6.07, 6.45) is 0.831. The Morgan fingerprint density at radius 3 is 2.52 bits per heavy atom. The van der Waals surface area contributed by atoms with Crippen molar-refractivity contribution in [2.75, 3.05) is 13.6 Å². The Balaban J connectivity index is 1.79. The summed E-state index contributed by atoms with van der Waals surface area (Å²) in [7, 11) is 1.74. The van der Waals surface area contributed by atoms with E-state index in [0.29, 0.717) is 12.1 Å². The lowest BCUT2D eigenvalue weighted by Gasteiger charge is -2.12. The summed E-state index contributed by atoms with van der Waals surface area (Å²) in [6, 6.07) is 17.4. The number of benzene rings is 2. The fourth-order valence-corrected chi connectivity index (χ4v) is 2.35. The Morgan fingerprint density at radius 1 is 1.13 bits per heavy atom. The van der Waals surface area contributed by atoms with Crippen LogP contribution in [0.15, 0.2) is 53.5 Å². The van der Waals surface area contributed by atoms with Crippen LogP contribution in [0.2, 0.25) is 5.02 Å². The third-order valence-electron chi connectivity index (χ3n) is 3.41. The minimum atomic E-state index is 0.650. The van der Waals surface area contributed by atoms with Crippen molar-refractivity contribution < 1.29 is 0 Å². The number of nitrogens with zero attached hydrogens (tertiary/aromatic N) is 2. The molecule has 0 unspecified atom stereocenters. The molecule has 0 amide bonds. The highest BCUT2D eigenvalue weighted by Gasteiger charge is 2.01. The highest BCUT2D eigenvalue weighted by atomic mass is 35.5. The fourth-order valence-electron chi connectivity index (χ4n) is 2.12. The second-order valence-electron chi connectivity index (χ2n) is 5.00. The van der Waals surface area contributed by atoms with Gasteiger partial charge in [0.2, 0.25) is 0 Å². The SMILES string of the molecule is CN=C(NCCc1ccccc1Cl)NCc1ccc(C#N)cc1. The number of nitriles is 1. The maximum atomic E-state index is 8.79. The Labute approximate surface area is 141 Å². The number of hydrogen-bond donors (Lipinski definition) is 2. The first-order chi connectivity index (χ1) is 11.2. The van der Waals surface area contributed by atoms with Crippen LogP contribution in [0.25, 0.3) is 0 Å². The number of aliphatic imine (C=N–C) groups is 1. The van der Waals surface area contributed by atoms with Gasteiger partial charge in [-0.25, -0.2) is 0 Å². The van der Waals surface area contributed by atoms with Gasteiger partial charge in [-0.15, -0.1) is 0 Å². The molecular formula is C18H19ClN4. The first-order valence-corrected chi connectivity index (χ1v) is 7.77. The number of rotatable bonds is 5. The summed E-state index contributed by atoms with van der Waals surface area (Å²) in [5, 5.41) is 16.1. The normalized spacial score (nSPS) is 10.9. The van der Waals surface area contributed by atoms with Gasteiger partial charge in [0.1, 0.15) is 0 Å². The first kappa shape index (κ1) is 16.9. The first-order valence-electron chi connectivity index (χ1n) is 7.40. The van der Waals surface area contributed by atoms with Crippen molar-refractivity contribution >= 4 is 17.6 Å². The summed E-state index contributed by atoms with van der Waals surface area (Å²) < 4.78 is 0. The molecule has 2 aromatic carbocycles. The molecule has 2 N–H and O–H groups in total. The van der Waals surface area contributed by atoms with E-state index >= 15 is 0 Å². The molecule has 0 fully saturated rings. The summed E-state index contributed by atoms with van der Waals surface area (Å²) in [6.45, 7) is 1.40. The van der Waals surface area contributed by atoms with Crippen LogP contribution in [0, 0.1) is 11.3 Å². The van der Waals surface area contributed by atoms with Gasteiger partial charge in [0, 0.05) is 25.2 Å². The lowest BCUT2D eigenvalue weighted by molar-refractivity contribution is 0.794. The molecule has 0 radical (unpaired) electrons. The van der Waals surface area contributed by atoms with Crippen LogP contribution in [0.1, 0.15) is 16.7 Å². The van der Waals surface area contributed by atoms with Crippen molar-refractivity contribution in [3.05, 3.63) is 70.2 Å². The van der Waals surface area contributed by atoms with E-state index < -0.39 is 0 Å². The van der Waals surface area contributed by atoms with Crippen LogP contribution in [0.4, 0.5) is 0 Å². The van der Waals surface area contributed by atoms with Crippen LogP contribution in [-0.2, 0) is 13.0 Å². The number of nitrogens with one attached hydrogen (secondary N) is 2. The molecular weight excluding hydrogens is 308 g/mol. The highest BCUT2D eigenvalue weighted by Crippen LogP contribution is 2.14. The zero-order valence-corrected chi connectivity index (χ0v) is 13.8. The third kappa shape index (κ3) is 5.32. The van der Waals surface area contributed by atoms with Gasteiger partial charge in [0.25, 0.3) is 0 Å². The molecule has 0 heterocycles. The molecule has 2 rings (SSSR count). The van der Waals surface area contributed by atoms with E-state index in [4.69, 9.17) is 16.9 Å². The molecule has 0 spiro atoms. The van der Waals surface area contributed by atoms with E-state index in [-0.39, 0.29) is 0 Å². The predicted octanol–water partition coefficient (Wildman–Crippen LogP) is 3.12. The molecule has 23 heavy (non-hydrogen) atoms. The standard InChI is InChI=1S/C18H19ClN4/c1-21-18(22-11-10-16-4-2-3-5-17(16)19)23-13-15-8-6-14(12-20)7-9-15/h2-9H,10-11,13H2,1H3,(H2,21,22,23). The van der Waals surface area contributed by atoms with Crippen LogP contribution in [-0.4, -0.2) is 19.6 Å². The number of halogens is 1. The predicted molar refractivity (Wildman–Crippen MR) is 94.5 cm³/mol. The van der Waals surface area contributed by atoms with Gasteiger partial charge >= 0.3 is 0 Å². The van der Waals surface area contributed by atoms with Crippen molar-refractivity contribution in [1.82, 2.24) is 10.6 Å². The van der Waals surface area contributed by atoms with E-state index in [1.165, 1.54) is 0 Å². The second-order valence-corrected chi connectivity index (χ2v) is 5.41. The quantitative estimate of drug-likeness (QED) is 0.655. The average Bonchev–Trinajstić information content (AvgIpc) is 2.60. The zero-order valence-electron chi connectivity index (χ0n) is 13.0. The average molecular weight is 327 g/mol. The lowest BCUT2D eigenvalue weighted by Crippen LogP contribution is -2.37. The van der Waals surface area contributed by atoms with E-state index in [0.717, 1.165) is 35.1 Å². The molecule has 0 aliphatic carbocycles. The molecule has 0 bridgehead atoms. The van der Waals surface area contributed by atoms with Crippen LogP contribution >= 0.6 is 11.6 Å². The lowest BCUT2D eigenvalue weighted by atomic mass is 10.1. The molecule has 4 nitrogen and oxygen atoms in total. The van der Waals surface area contributed by atoms with Crippen LogP contribution in [0.3, 0.4) is 0 Å². The van der Waals surface area contributed by atoms with Gasteiger partial charge in [-0.1, -0.05) is 41.9 Å². The molecule has 0 aliphatic heterocycles. The van der Waals surface area contributed by atoms with Crippen molar-refractivity contribution in [1.29, 1.82) is 5.26 Å². The molecule has 2 aromatic rings. The van der Waals surface area contributed by atoms with Gasteiger partial charge in [0.15, 0.2) is 5.96 Å². The minimum Gasteiger partial charge on any atom is -0.356 e. The van der Waals surface area contributed by atoms with Gasteiger partial charge in [-0.3, -0.25) is 4.99 Å². The number of guanidine groups is 1. The Morgan fingerprint density at radius 2 is 1.87 bits per heavy atom. The van der Waals surface area contributed by atoms with Crippen LogP contribution in [0.5, 0.6) is 0 Å². The summed E-state index contributed by atoms with van der Waals surface area (Å²) in [4.78, 5) is 4.20. The summed E-state index contributed by atoms with van der Waals surface area (Å²) in [5.41, 5.74) is 2.87. The van der Waals surface area contributed by atoms with Gasteiger partial charge in [-0.05, 0) is 35.7 Å². The molecule has 0 aromatic heterocycles. The Bertz CT molecular complexity index is 702. The smallest absolute Gasteiger partial charge is 0.191 e. The topological polar surface area (TPSA) is 60.2 Å². The fraction of sp³-hybridized carbons (Fsp3) is 0.222. The van der Waals surface area contributed by atoms with E-state index in [9.17, 15) is 0 Å². The maximum absolute atomic E-state index is 8.79. The van der Waals surface area contributed by atoms with E-state index in [2.05, 4.69) is 21.7 Å². The zero-order chi connectivity index (χ0) is 16.5. The molecule has 0 saturated heterocycles. The summed E-state index contributed by atoms with van der Waals surface area (Å²) >= 11 is 6.14.